The molecule has 2 aromatic rings. The number of benzene rings is 1. The van der Waals surface area contributed by atoms with Crippen LogP contribution in [-0.4, -0.2) is 0 Å². The van der Waals surface area contributed by atoms with E-state index in [9.17, 15) is 4.79 Å². The summed E-state index contributed by atoms with van der Waals surface area (Å²) in [4.78, 5) is 12.4. The molecule has 0 fully saturated rings. The molecular formula is C13H15N5O2. The van der Waals surface area contributed by atoms with Crippen LogP contribution in [0, 0.1) is 0 Å². The largest absolute Gasteiger partial charge is 0.452 e. The van der Waals surface area contributed by atoms with E-state index in [4.69, 9.17) is 33.1 Å². The molecule has 7 heteroatoms. The minimum atomic E-state index is -0.440. The van der Waals surface area contributed by atoms with Crippen LogP contribution in [0.25, 0.3) is 16.5 Å². The minimum absolute atomic E-state index is 0.0127. The average Bonchev–Trinajstić information content (AvgIpc) is 2.37. The SMILES string of the molecule is Nc1c(N)c(N)c2c(=O)c(N)c(C3=CCC3)oc2c1N. The van der Waals surface area contributed by atoms with Gasteiger partial charge in [-0.3, -0.25) is 4.79 Å². The van der Waals surface area contributed by atoms with E-state index < -0.39 is 5.43 Å². The Hall–Kier alpha value is -2.83. The van der Waals surface area contributed by atoms with Gasteiger partial charge < -0.3 is 33.1 Å². The maximum Gasteiger partial charge on any atom is 0.218 e. The van der Waals surface area contributed by atoms with Crippen molar-refractivity contribution in [3.05, 3.63) is 22.1 Å². The van der Waals surface area contributed by atoms with Gasteiger partial charge in [-0.15, -0.1) is 0 Å². The predicted molar refractivity (Wildman–Crippen MR) is 81.8 cm³/mol. The first-order valence-electron chi connectivity index (χ1n) is 6.11. The molecule has 0 aliphatic heterocycles. The number of nitrogens with two attached hydrogens (primary N) is 5. The molecule has 1 aliphatic carbocycles. The van der Waals surface area contributed by atoms with Crippen LogP contribution >= 0.6 is 0 Å². The summed E-state index contributed by atoms with van der Waals surface area (Å²) in [5.74, 6) is 0.337. The smallest absolute Gasteiger partial charge is 0.218 e. The highest BCUT2D eigenvalue weighted by Crippen LogP contribution is 2.40. The molecule has 3 rings (SSSR count). The fourth-order valence-corrected chi connectivity index (χ4v) is 2.26. The van der Waals surface area contributed by atoms with Crippen molar-refractivity contribution in [3.63, 3.8) is 0 Å². The quantitative estimate of drug-likeness (QED) is 0.482. The molecule has 1 aromatic carbocycles. The van der Waals surface area contributed by atoms with Gasteiger partial charge in [-0.1, -0.05) is 6.08 Å². The molecule has 0 atom stereocenters. The number of hydrogen-bond acceptors (Lipinski definition) is 7. The summed E-state index contributed by atoms with van der Waals surface area (Å²) in [7, 11) is 0. The van der Waals surface area contributed by atoms with Gasteiger partial charge in [0.2, 0.25) is 5.43 Å². The van der Waals surface area contributed by atoms with Gasteiger partial charge in [-0.2, -0.15) is 0 Å². The summed E-state index contributed by atoms with van der Waals surface area (Å²) in [6, 6.07) is 0. The molecule has 1 aliphatic rings. The number of hydrogen-bond donors (Lipinski definition) is 5. The molecule has 1 heterocycles. The van der Waals surface area contributed by atoms with Crippen molar-refractivity contribution in [2.45, 2.75) is 12.8 Å². The van der Waals surface area contributed by atoms with Gasteiger partial charge in [0.15, 0.2) is 11.3 Å². The Bertz CT molecular complexity index is 835. The lowest BCUT2D eigenvalue weighted by molar-refractivity contribution is 0.583. The molecule has 0 amide bonds. The number of anilines is 5. The van der Waals surface area contributed by atoms with E-state index in [1.54, 1.807) is 0 Å². The van der Waals surface area contributed by atoms with E-state index in [2.05, 4.69) is 0 Å². The van der Waals surface area contributed by atoms with E-state index >= 15 is 0 Å². The first-order valence-corrected chi connectivity index (χ1v) is 6.11. The van der Waals surface area contributed by atoms with Gasteiger partial charge >= 0.3 is 0 Å². The van der Waals surface area contributed by atoms with Gasteiger partial charge in [-0.05, 0) is 18.4 Å². The zero-order valence-electron chi connectivity index (χ0n) is 10.7. The molecule has 0 saturated carbocycles. The van der Waals surface area contributed by atoms with Crippen LogP contribution in [0.2, 0.25) is 0 Å². The molecule has 0 spiro atoms. The van der Waals surface area contributed by atoms with Crippen LogP contribution in [0.5, 0.6) is 0 Å². The second kappa shape index (κ2) is 3.83. The van der Waals surface area contributed by atoms with Crippen molar-refractivity contribution in [2.75, 3.05) is 28.7 Å². The third-order valence-corrected chi connectivity index (χ3v) is 3.63. The highest BCUT2D eigenvalue weighted by atomic mass is 16.3. The molecule has 0 saturated heterocycles. The second-order valence-corrected chi connectivity index (χ2v) is 4.80. The number of nitrogen functional groups attached to an aromatic ring is 5. The average molecular weight is 273 g/mol. The maximum atomic E-state index is 12.4. The molecule has 0 radical (unpaired) electrons. The van der Waals surface area contributed by atoms with Crippen molar-refractivity contribution in [1.29, 1.82) is 0 Å². The molecule has 0 unspecified atom stereocenters. The minimum Gasteiger partial charge on any atom is -0.452 e. The Morgan fingerprint density at radius 2 is 1.50 bits per heavy atom. The summed E-state index contributed by atoms with van der Waals surface area (Å²) in [6.45, 7) is 0. The van der Waals surface area contributed by atoms with Crippen molar-refractivity contribution < 1.29 is 4.42 Å². The third-order valence-electron chi connectivity index (χ3n) is 3.63. The first-order chi connectivity index (χ1) is 9.43. The normalized spacial score (nSPS) is 14.1. The Morgan fingerprint density at radius 1 is 0.900 bits per heavy atom. The Balaban J connectivity index is 2.52. The second-order valence-electron chi connectivity index (χ2n) is 4.80. The number of allylic oxidation sites excluding steroid dienone is 2. The fraction of sp³-hybridized carbons (Fsp3) is 0.154. The van der Waals surface area contributed by atoms with Crippen LogP contribution in [-0.2, 0) is 0 Å². The lowest BCUT2D eigenvalue weighted by Crippen LogP contribution is -2.16. The molecule has 10 N–H and O–H groups in total. The molecule has 0 bridgehead atoms. The summed E-state index contributed by atoms with van der Waals surface area (Å²) in [6.07, 6.45) is 3.68. The lowest BCUT2D eigenvalue weighted by Gasteiger charge is -2.17. The van der Waals surface area contributed by atoms with Crippen molar-refractivity contribution in [1.82, 2.24) is 0 Å². The van der Waals surface area contributed by atoms with Crippen molar-refractivity contribution in [2.24, 2.45) is 0 Å². The number of fused-ring (bicyclic) bond motifs is 1. The summed E-state index contributed by atoms with van der Waals surface area (Å²) < 4.78 is 5.69. The predicted octanol–water partition coefficient (Wildman–Crippen LogP) is 0.881. The lowest BCUT2D eigenvalue weighted by atomic mass is 9.95. The monoisotopic (exact) mass is 273 g/mol. The maximum absolute atomic E-state index is 12.4. The van der Waals surface area contributed by atoms with Gasteiger partial charge in [0, 0.05) is 0 Å². The standard InChI is InChI=1S/C13H15N5O2/c14-6-5-11(19)10(18)12(4-2-1-3-4)20-13(5)9(17)8(16)7(6)15/h2H,1,3,14-18H2. The van der Waals surface area contributed by atoms with Gasteiger partial charge in [0.1, 0.15) is 11.4 Å². The Kier molecular flexibility index (Phi) is 2.34. The highest BCUT2D eigenvalue weighted by Gasteiger charge is 2.23. The van der Waals surface area contributed by atoms with Gasteiger partial charge in [-0.25, -0.2) is 0 Å². The Labute approximate surface area is 114 Å². The molecular weight excluding hydrogens is 258 g/mol. The fourth-order valence-electron chi connectivity index (χ4n) is 2.26. The molecule has 20 heavy (non-hydrogen) atoms. The topological polar surface area (TPSA) is 160 Å². The Morgan fingerprint density at radius 3 is 2.05 bits per heavy atom. The van der Waals surface area contributed by atoms with E-state index in [1.165, 1.54) is 0 Å². The summed E-state index contributed by atoms with van der Waals surface area (Å²) >= 11 is 0. The van der Waals surface area contributed by atoms with Crippen LogP contribution in [0.4, 0.5) is 28.4 Å². The van der Waals surface area contributed by atoms with E-state index in [-0.39, 0.29) is 39.4 Å². The summed E-state index contributed by atoms with van der Waals surface area (Å²) in [5, 5.41) is 0.0790. The van der Waals surface area contributed by atoms with Crippen molar-refractivity contribution in [3.8, 4) is 0 Å². The van der Waals surface area contributed by atoms with Crippen LogP contribution in [0.15, 0.2) is 15.3 Å². The van der Waals surface area contributed by atoms with E-state index in [0.29, 0.717) is 5.76 Å². The van der Waals surface area contributed by atoms with Gasteiger partial charge in [0.05, 0.1) is 22.4 Å². The van der Waals surface area contributed by atoms with Crippen LogP contribution in [0.1, 0.15) is 18.6 Å². The molecule has 1 aromatic heterocycles. The van der Waals surface area contributed by atoms with Crippen LogP contribution < -0.4 is 34.1 Å². The zero-order chi connectivity index (χ0) is 14.6. The zero-order valence-corrected chi connectivity index (χ0v) is 10.7. The molecule has 7 nitrogen and oxygen atoms in total. The van der Waals surface area contributed by atoms with Crippen molar-refractivity contribution >= 4 is 45.0 Å². The van der Waals surface area contributed by atoms with Gasteiger partial charge in [0.25, 0.3) is 0 Å². The highest BCUT2D eigenvalue weighted by molar-refractivity contribution is 6.10. The summed E-state index contributed by atoms with van der Waals surface area (Å²) in [5.41, 5.74) is 30.0. The van der Waals surface area contributed by atoms with E-state index in [1.807, 2.05) is 6.08 Å². The van der Waals surface area contributed by atoms with E-state index in [0.717, 1.165) is 18.4 Å². The number of rotatable bonds is 1. The van der Waals surface area contributed by atoms with Crippen LogP contribution in [0.3, 0.4) is 0 Å². The third kappa shape index (κ3) is 1.37. The first kappa shape index (κ1) is 12.2. The molecule has 104 valence electrons.